The molecule has 0 aliphatic carbocycles. The summed E-state index contributed by atoms with van der Waals surface area (Å²) in [6, 6.07) is 13.9. The molecule has 0 spiro atoms. The Labute approximate surface area is 338 Å². The van der Waals surface area contributed by atoms with Gasteiger partial charge in [0.1, 0.15) is 24.0 Å². The van der Waals surface area contributed by atoms with Gasteiger partial charge in [0.25, 0.3) is 6.47 Å². The Bertz CT molecular complexity index is 1140. The molecule has 2 saturated heterocycles. The number of nitrogens with one attached hydrogen (secondary N) is 1. The summed E-state index contributed by atoms with van der Waals surface area (Å²) >= 11 is 3.17. The molecule has 2 aliphatic heterocycles. The Morgan fingerprint density at radius 3 is 1.71 bits per heavy atom. The van der Waals surface area contributed by atoms with Gasteiger partial charge in [-0.1, -0.05) is 15.9 Å². The van der Waals surface area contributed by atoms with Crippen molar-refractivity contribution in [3.63, 3.8) is 0 Å². The molecule has 0 bridgehead atoms. The van der Waals surface area contributed by atoms with Gasteiger partial charge in [-0.3, -0.25) is 9.69 Å². The van der Waals surface area contributed by atoms with Crippen molar-refractivity contribution in [2.45, 2.75) is 31.1 Å². The average Bonchev–Trinajstić information content (AvgIpc) is 2.88. The Kier molecular flexibility index (Phi) is 35.2. The fourth-order valence-electron chi connectivity index (χ4n) is 2.71. The third kappa shape index (κ3) is 22.2. The number of hydrogen-bond donors (Lipinski definition) is 1. The fourth-order valence-corrected chi connectivity index (χ4v) is 3.18. The second kappa shape index (κ2) is 30.1. The van der Waals surface area contributed by atoms with E-state index in [1.807, 2.05) is 17.0 Å². The smallest absolute Gasteiger partial charge is 1.00 e. The molecule has 1 N–H and O–H groups in total. The second-order valence-electron chi connectivity index (χ2n) is 7.42. The predicted octanol–water partition coefficient (Wildman–Crippen LogP) is -2.12. The molecule has 2 aliphatic rings. The Morgan fingerprint density at radius 2 is 1.41 bits per heavy atom. The maximum atomic E-state index is 12.9. The molecule has 41 heavy (non-hydrogen) atoms. The molecule has 2 fully saturated rings. The SMILES string of the molecule is CC#N.Cl.FC1CNC1.N#Cc1ccc(F)cc1CBr.N#Cc1ccc(F)cc1CN1CC(F)C1.O=CO[O-].[H-].[K+].[K+]. The van der Waals surface area contributed by atoms with E-state index in [0.29, 0.717) is 60.3 Å². The van der Waals surface area contributed by atoms with E-state index in [-0.39, 0.29) is 135 Å². The van der Waals surface area contributed by atoms with Crippen molar-refractivity contribution in [3.05, 3.63) is 70.3 Å². The molecule has 214 valence electrons. The first-order valence-corrected chi connectivity index (χ1v) is 12.0. The normalized spacial score (nSPS) is 12.6. The largest absolute Gasteiger partial charge is 1.00 e. The zero-order valence-electron chi connectivity index (χ0n) is 23.8. The minimum atomic E-state index is -0.774. The van der Waals surface area contributed by atoms with Crippen molar-refractivity contribution >= 4 is 34.8 Å². The summed E-state index contributed by atoms with van der Waals surface area (Å²) in [5.41, 5.74) is 2.29. The Morgan fingerprint density at radius 1 is 1.02 bits per heavy atom. The Hall–Kier alpha value is 0.0227. The summed E-state index contributed by atoms with van der Waals surface area (Å²) in [5, 5.41) is 36.4. The molecular formula is C25H27BrClF4K2N5O3. The average molecular weight is 715 g/mol. The summed E-state index contributed by atoms with van der Waals surface area (Å²) < 4.78 is 49.5. The van der Waals surface area contributed by atoms with Crippen LogP contribution in [0.15, 0.2) is 36.4 Å². The van der Waals surface area contributed by atoms with E-state index in [0.717, 1.165) is 0 Å². The summed E-state index contributed by atoms with van der Waals surface area (Å²) in [6.07, 6.45) is -1.32. The fraction of sp³-hybridized carbons (Fsp3) is 0.360. The number of alkyl halides is 3. The monoisotopic (exact) mass is 713 g/mol. The number of benzene rings is 2. The quantitative estimate of drug-likeness (QED) is 0.0950. The zero-order chi connectivity index (χ0) is 28.9. The summed E-state index contributed by atoms with van der Waals surface area (Å²) in [5.74, 6) is -0.667. The number of hydrogen-bond acceptors (Lipinski definition) is 8. The van der Waals surface area contributed by atoms with Gasteiger partial charge in [-0.25, -0.2) is 17.6 Å². The van der Waals surface area contributed by atoms with Gasteiger partial charge in [-0.2, -0.15) is 15.8 Å². The number of nitriles is 3. The van der Waals surface area contributed by atoms with E-state index in [1.54, 1.807) is 6.07 Å². The standard InChI is InChI=1S/C11H10F2N2.C8H5BrFN.C3H6FN.C2H3N.CH2O3.ClH.2K.H/c12-10-2-1-8(4-14)9(3-10)5-15-6-11(13)7-15;9-4-7-3-8(10)2-1-6(7)5-11;4-3-1-5-2-3;1-2-3;2-1-4-3;;;;/h1-3,11H,5-7H2;1-3H,4H2;3,5H,1-2H2;1H3;1,3H;1H;;;/q;;;;;;2*+1;-1/p-1. The van der Waals surface area contributed by atoms with Gasteiger partial charge in [0.15, 0.2) is 0 Å². The number of likely N-dealkylation sites (tertiary alicyclic amines) is 1. The first-order chi connectivity index (χ1) is 18.2. The topological polar surface area (TPSA) is 136 Å². The number of rotatable bonds is 4. The van der Waals surface area contributed by atoms with Gasteiger partial charge in [-0.05, 0) is 47.5 Å². The van der Waals surface area contributed by atoms with Crippen molar-refractivity contribution in [1.82, 2.24) is 10.2 Å². The van der Waals surface area contributed by atoms with Gasteiger partial charge < -0.3 is 16.9 Å². The van der Waals surface area contributed by atoms with Crippen LogP contribution in [-0.4, -0.2) is 49.9 Å². The molecule has 2 heterocycles. The summed E-state index contributed by atoms with van der Waals surface area (Å²) in [4.78, 5) is 13.1. The van der Waals surface area contributed by atoms with Crippen LogP contribution in [0.5, 0.6) is 0 Å². The summed E-state index contributed by atoms with van der Waals surface area (Å²) in [7, 11) is 0. The summed E-state index contributed by atoms with van der Waals surface area (Å²) in [6.45, 7) is 3.59. The van der Waals surface area contributed by atoms with Crippen LogP contribution in [0.2, 0.25) is 0 Å². The maximum Gasteiger partial charge on any atom is 1.00 e. The van der Waals surface area contributed by atoms with Crippen molar-refractivity contribution < 1.29 is 137 Å². The van der Waals surface area contributed by atoms with E-state index in [1.165, 1.54) is 43.3 Å². The number of carbonyl (C=O) groups is 1. The molecule has 0 unspecified atom stereocenters. The first kappa shape index (κ1) is 47.9. The van der Waals surface area contributed by atoms with Gasteiger partial charge >= 0.3 is 103 Å². The number of carbonyl (C=O) groups excluding carboxylic acids is 1. The van der Waals surface area contributed by atoms with Crippen LogP contribution in [0.25, 0.3) is 0 Å². The molecule has 4 rings (SSSR count). The number of nitrogens with zero attached hydrogens (tertiary/aromatic N) is 4. The molecule has 0 radical (unpaired) electrons. The van der Waals surface area contributed by atoms with E-state index in [9.17, 15) is 17.6 Å². The molecule has 0 saturated carbocycles. The van der Waals surface area contributed by atoms with Crippen LogP contribution in [-0.2, 0) is 21.6 Å². The van der Waals surface area contributed by atoms with E-state index < -0.39 is 12.3 Å². The van der Waals surface area contributed by atoms with Gasteiger partial charge in [0, 0.05) is 45.0 Å². The van der Waals surface area contributed by atoms with Crippen LogP contribution >= 0.6 is 28.3 Å². The molecule has 0 aromatic heterocycles. The van der Waals surface area contributed by atoms with Crippen molar-refractivity contribution in [2.24, 2.45) is 0 Å². The van der Waals surface area contributed by atoms with E-state index in [4.69, 9.17) is 25.8 Å². The Balaban J connectivity index is -0.000000150. The van der Waals surface area contributed by atoms with Crippen LogP contribution in [0.3, 0.4) is 0 Å². The minimum Gasteiger partial charge on any atom is -1.00 e. The first-order valence-electron chi connectivity index (χ1n) is 10.9. The maximum absolute atomic E-state index is 12.9. The molecule has 16 heteroatoms. The molecule has 2 aromatic rings. The van der Waals surface area contributed by atoms with Crippen molar-refractivity contribution in [3.8, 4) is 18.2 Å². The van der Waals surface area contributed by atoms with E-state index in [2.05, 4.69) is 26.1 Å². The van der Waals surface area contributed by atoms with Crippen molar-refractivity contribution in [2.75, 3.05) is 26.2 Å². The molecular weight excluding hydrogens is 688 g/mol. The van der Waals surface area contributed by atoms with Gasteiger partial charge in [0.05, 0.1) is 29.3 Å². The van der Waals surface area contributed by atoms with Crippen LogP contribution in [0.1, 0.15) is 30.6 Å². The van der Waals surface area contributed by atoms with Crippen LogP contribution in [0, 0.1) is 45.6 Å². The van der Waals surface area contributed by atoms with E-state index >= 15 is 0 Å². The van der Waals surface area contributed by atoms with Crippen LogP contribution in [0.4, 0.5) is 17.6 Å². The molecule has 2 aromatic carbocycles. The van der Waals surface area contributed by atoms with Crippen LogP contribution < -0.4 is 113 Å². The molecule has 0 amide bonds. The zero-order valence-corrected chi connectivity index (χ0v) is 31.4. The molecule has 8 nitrogen and oxygen atoms in total. The third-order valence-electron chi connectivity index (χ3n) is 4.60. The third-order valence-corrected chi connectivity index (χ3v) is 5.20. The molecule has 0 atom stereocenters. The van der Waals surface area contributed by atoms with Crippen molar-refractivity contribution in [1.29, 1.82) is 15.8 Å². The second-order valence-corrected chi connectivity index (χ2v) is 7.98. The predicted molar refractivity (Wildman–Crippen MR) is 140 cm³/mol. The van der Waals surface area contributed by atoms with Gasteiger partial charge in [-0.15, -0.1) is 12.4 Å². The minimum absolute atomic E-state index is 0. The number of halogens is 6. The van der Waals surface area contributed by atoms with Gasteiger partial charge in [0.2, 0.25) is 0 Å².